The number of aliphatic hydroxyl groups excluding tert-OH is 2. The highest BCUT2D eigenvalue weighted by atomic mass is 32.2. The number of allylic oxidation sites excluding steroid dienone is 5. The quantitative estimate of drug-likeness (QED) is 0.203. The Morgan fingerprint density at radius 3 is 2.71 bits per heavy atom. The molecule has 1 aliphatic heterocycles. The molecule has 0 aromatic heterocycles. The van der Waals surface area contributed by atoms with Gasteiger partial charge in [-0.25, -0.2) is 0 Å². The third-order valence-corrected chi connectivity index (χ3v) is 12.6. The molecular weight excluding hydrogens is 590 g/mol. The zero-order valence-corrected chi connectivity index (χ0v) is 26.4. The van der Waals surface area contributed by atoms with E-state index in [1.165, 1.54) is 11.6 Å². The fraction of sp³-hybridized carbons (Fsp3) is 0.472. The fourth-order valence-electron chi connectivity index (χ4n) is 9.56. The Balaban J connectivity index is 1.12. The Bertz CT molecular complexity index is 1620. The molecule has 4 fully saturated rings. The summed E-state index contributed by atoms with van der Waals surface area (Å²) < 4.78 is 13.3. The van der Waals surface area contributed by atoms with E-state index in [-0.39, 0.29) is 34.6 Å². The maximum Gasteiger partial charge on any atom is 0.269 e. The largest absolute Gasteiger partial charge is 0.393 e. The van der Waals surface area contributed by atoms with Gasteiger partial charge >= 0.3 is 0 Å². The molecule has 3 saturated carbocycles. The standard InChI is InChI=1S/C36H39NO7S/c1-21-13-14-34(2)24(15-21)9-12-27-28-17-31-36(30(40)19-38,35(28,3)18-29(39)32(27)34)44-33(43-31)23-7-10-26(11-8-23)45-20-22-5-4-6-25(16-22)37(41)42/h4-8,10-11,13-16,27-29,31-33,38-39H,1,9,12,17-20H2,2-3H3/t27-,28-,29-,31+,32+,33+,34-,35-,36+/m0/s1. The van der Waals surface area contributed by atoms with Crippen LogP contribution in [0.1, 0.15) is 56.9 Å². The molecule has 2 aromatic rings. The van der Waals surface area contributed by atoms with Crippen molar-refractivity contribution in [2.45, 2.75) is 74.3 Å². The van der Waals surface area contributed by atoms with Crippen LogP contribution in [0.5, 0.6) is 0 Å². The van der Waals surface area contributed by atoms with Crippen LogP contribution in [0, 0.1) is 38.7 Å². The number of ether oxygens (including phenoxy) is 2. The van der Waals surface area contributed by atoms with Crippen LogP contribution in [-0.2, 0) is 20.0 Å². The Kier molecular flexibility index (Phi) is 7.49. The van der Waals surface area contributed by atoms with Gasteiger partial charge in [0.1, 0.15) is 6.61 Å². The number of aliphatic hydroxyl groups is 2. The SMILES string of the molecule is C=C1C=C[C@@]2(C)C(=C1)CC[C@@H]1[C@@H]2[C@@H](O)C[C@@]2(C)[C@H]1C[C@H]1O[C@@H](c3ccc(SCc4cccc([N+](=O)[O-])c4)cc3)O[C@]12C(=O)CO. The van der Waals surface area contributed by atoms with Crippen molar-refractivity contribution in [3.63, 3.8) is 0 Å². The summed E-state index contributed by atoms with van der Waals surface area (Å²) in [5.41, 5.74) is 1.68. The number of carbonyl (C=O) groups is 1. The van der Waals surface area contributed by atoms with Gasteiger partial charge in [-0.1, -0.05) is 68.5 Å². The number of fused-ring (bicyclic) bond motifs is 7. The smallest absolute Gasteiger partial charge is 0.269 e. The Hall–Kier alpha value is -3.08. The molecule has 45 heavy (non-hydrogen) atoms. The molecule has 9 atom stereocenters. The van der Waals surface area contributed by atoms with Crippen LogP contribution in [0.3, 0.4) is 0 Å². The van der Waals surface area contributed by atoms with Crippen molar-refractivity contribution in [3.05, 3.63) is 106 Å². The first-order chi connectivity index (χ1) is 21.5. The minimum absolute atomic E-state index is 0.0166. The molecule has 236 valence electrons. The molecule has 9 heteroatoms. The summed E-state index contributed by atoms with van der Waals surface area (Å²) in [5.74, 6) is 0.489. The molecule has 1 heterocycles. The molecule has 7 rings (SSSR count). The lowest BCUT2D eigenvalue weighted by Gasteiger charge is -2.59. The van der Waals surface area contributed by atoms with E-state index in [0.717, 1.165) is 34.4 Å². The number of non-ortho nitro benzene ring substituents is 1. The molecule has 0 spiro atoms. The summed E-state index contributed by atoms with van der Waals surface area (Å²) in [7, 11) is 0. The molecule has 5 aliphatic rings. The van der Waals surface area contributed by atoms with Gasteiger partial charge in [-0.2, -0.15) is 0 Å². The van der Waals surface area contributed by atoms with Crippen molar-refractivity contribution in [1.82, 2.24) is 0 Å². The topological polar surface area (TPSA) is 119 Å². The van der Waals surface area contributed by atoms with Gasteiger partial charge in [-0.15, -0.1) is 11.8 Å². The van der Waals surface area contributed by atoms with Crippen LogP contribution >= 0.6 is 11.8 Å². The van der Waals surface area contributed by atoms with Gasteiger partial charge in [0.25, 0.3) is 5.69 Å². The molecular formula is C36H39NO7S. The van der Waals surface area contributed by atoms with E-state index >= 15 is 0 Å². The number of hydrogen-bond acceptors (Lipinski definition) is 8. The number of benzene rings is 2. The molecule has 0 unspecified atom stereocenters. The lowest BCUT2D eigenvalue weighted by Crippen LogP contribution is -2.63. The first-order valence-electron chi connectivity index (χ1n) is 15.7. The van der Waals surface area contributed by atoms with Gasteiger partial charge in [0, 0.05) is 45.1 Å². The summed E-state index contributed by atoms with van der Waals surface area (Å²) in [5, 5.41) is 33.2. The summed E-state index contributed by atoms with van der Waals surface area (Å²) in [4.78, 5) is 25.5. The first-order valence-corrected chi connectivity index (χ1v) is 16.7. The van der Waals surface area contributed by atoms with Crippen LogP contribution in [0.15, 0.2) is 89.4 Å². The first kappa shape index (κ1) is 30.6. The van der Waals surface area contributed by atoms with Crippen molar-refractivity contribution in [2.75, 3.05) is 6.61 Å². The lowest BCUT2D eigenvalue weighted by atomic mass is 9.46. The van der Waals surface area contributed by atoms with Crippen LogP contribution in [-0.4, -0.2) is 45.3 Å². The predicted molar refractivity (Wildman–Crippen MR) is 170 cm³/mol. The monoisotopic (exact) mass is 629 g/mol. The number of carbonyl (C=O) groups excluding carboxylic acids is 1. The molecule has 8 nitrogen and oxygen atoms in total. The minimum Gasteiger partial charge on any atom is -0.393 e. The number of nitro benzene ring substituents is 1. The molecule has 0 bridgehead atoms. The second-order valence-corrected chi connectivity index (χ2v) is 14.8. The van der Waals surface area contributed by atoms with Crippen molar-refractivity contribution < 1.29 is 29.4 Å². The van der Waals surface area contributed by atoms with Crippen LogP contribution in [0.25, 0.3) is 0 Å². The van der Waals surface area contributed by atoms with E-state index in [4.69, 9.17) is 9.47 Å². The number of Topliss-reactive ketones (excluding diaryl/α,β-unsaturated/α-hetero) is 1. The van der Waals surface area contributed by atoms with Gasteiger partial charge in [0.05, 0.1) is 17.1 Å². The molecule has 4 aliphatic carbocycles. The Morgan fingerprint density at radius 2 is 1.98 bits per heavy atom. The number of thioether (sulfide) groups is 1. The minimum atomic E-state index is -1.35. The molecule has 1 saturated heterocycles. The van der Waals surface area contributed by atoms with Crippen LogP contribution < -0.4 is 0 Å². The van der Waals surface area contributed by atoms with Gasteiger partial charge in [0.2, 0.25) is 0 Å². The van der Waals surface area contributed by atoms with Crippen molar-refractivity contribution in [1.29, 1.82) is 0 Å². The van der Waals surface area contributed by atoms with E-state index in [9.17, 15) is 25.1 Å². The van der Waals surface area contributed by atoms with Crippen molar-refractivity contribution in [3.8, 4) is 0 Å². The number of hydrogen-bond donors (Lipinski definition) is 2. The average molecular weight is 630 g/mol. The summed E-state index contributed by atoms with van der Waals surface area (Å²) in [6, 6.07) is 14.4. The zero-order chi connectivity index (χ0) is 31.7. The number of nitro groups is 1. The van der Waals surface area contributed by atoms with E-state index in [2.05, 4.69) is 38.7 Å². The second-order valence-electron chi connectivity index (χ2n) is 13.8. The summed E-state index contributed by atoms with van der Waals surface area (Å²) in [6.07, 6.45) is 7.35. The third-order valence-electron chi connectivity index (χ3n) is 11.6. The third kappa shape index (κ3) is 4.61. The van der Waals surface area contributed by atoms with Crippen molar-refractivity contribution >= 4 is 23.2 Å². The predicted octanol–water partition coefficient (Wildman–Crippen LogP) is 6.48. The van der Waals surface area contributed by atoms with E-state index in [1.807, 2.05) is 30.3 Å². The number of rotatable bonds is 7. The second kappa shape index (κ2) is 11.0. The van der Waals surface area contributed by atoms with Crippen LogP contribution in [0.4, 0.5) is 5.69 Å². The lowest BCUT2D eigenvalue weighted by molar-refractivity contribution is -0.384. The number of ketones is 1. The Morgan fingerprint density at radius 1 is 1.20 bits per heavy atom. The van der Waals surface area contributed by atoms with E-state index in [0.29, 0.717) is 18.6 Å². The van der Waals surface area contributed by atoms with Crippen molar-refractivity contribution in [2.24, 2.45) is 28.6 Å². The molecule has 0 amide bonds. The zero-order valence-electron chi connectivity index (χ0n) is 25.6. The highest BCUT2D eigenvalue weighted by Gasteiger charge is 2.75. The highest BCUT2D eigenvalue weighted by molar-refractivity contribution is 7.98. The highest BCUT2D eigenvalue weighted by Crippen LogP contribution is 2.70. The number of nitrogens with zero attached hydrogens (tertiary/aromatic N) is 1. The van der Waals surface area contributed by atoms with E-state index in [1.54, 1.807) is 23.9 Å². The average Bonchev–Trinajstić information content (AvgIpc) is 3.53. The van der Waals surface area contributed by atoms with E-state index < -0.39 is 41.0 Å². The molecule has 2 aromatic carbocycles. The summed E-state index contributed by atoms with van der Waals surface area (Å²) in [6.45, 7) is 7.77. The normalized spacial score (nSPS) is 38.1. The molecule has 0 radical (unpaired) electrons. The van der Waals surface area contributed by atoms with Gasteiger partial charge < -0.3 is 19.7 Å². The maximum atomic E-state index is 13.8. The van der Waals surface area contributed by atoms with Gasteiger partial charge in [0.15, 0.2) is 17.7 Å². The van der Waals surface area contributed by atoms with Gasteiger partial charge in [-0.3, -0.25) is 14.9 Å². The maximum absolute atomic E-state index is 13.8. The van der Waals surface area contributed by atoms with Crippen LogP contribution in [0.2, 0.25) is 0 Å². The fourth-order valence-corrected chi connectivity index (χ4v) is 10.4. The summed E-state index contributed by atoms with van der Waals surface area (Å²) >= 11 is 1.57. The van der Waals surface area contributed by atoms with Gasteiger partial charge in [-0.05, 0) is 60.8 Å². The Labute approximate surface area is 267 Å². The molecule has 2 N–H and O–H groups in total.